The maximum Gasteiger partial charge on any atom is 0.337 e. The number of hydrogen-bond donors (Lipinski definition) is 0. The highest BCUT2D eigenvalue weighted by Gasteiger charge is 2.09. The first kappa shape index (κ1) is 14.3. The predicted octanol–water partition coefficient (Wildman–Crippen LogP) is 3.77. The van der Waals surface area contributed by atoms with E-state index in [-0.39, 0.29) is 5.97 Å². The molecule has 0 saturated carbocycles. The molecule has 0 bridgehead atoms. The summed E-state index contributed by atoms with van der Waals surface area (Å²) in [7, 11) is 1.35. The Hall–Kier alpha value is -2.60. The van der Waals surface area contributed by atoms with Crippen molar-refractivity contribution < 1.29 is 18.7 Å². The number of hydrogen-bond acceptors (Lipinski definition) is 6. The standard InChI is InChI=1S/C16H13NO4S/c1-19-16(18)11-4-6-13(7-5-11)20-9-12-10-21-15(17-12)14-3-2-8-22-14/h2-8,10H,9H2,1H3. The minimum absolute atomic E-state index is 0.298. The van der Waals surface area contributed by atoms with E-state index in [1.54, 1.807) is 41.9 Å². The van der Waals surface area contributed by atoms with Gasteiger partial charge in [-0.05, 0) is 35.7 Å². The zero-order valence-corrected chi connectivity index (χ0v) is 12.6. The van der Waals surface area contributed by atoms with E-state index in [0.717, 1.165) is 4.88 Å². The minimum Gasteiger partial charge on any atom is -0.487 e. The molecule has 0 aliphatic heterocycles. The fraction of sp³-hybridized carbons (Fsp3) is 0.125. The van der Waals surface area contributed by atoms with E-state index >= 15 is 0 Å². The first-order valence-electron chi connectivity index (χ1n) is 6.56. The highest BCUT2D eigenvalue weighted by molar-refractivity contribution is 7.13. The second-order valence-corrected chi connectivity index (χ2v) is 5.37. The van der Waals surface area contributed by atoms with Crippen molar-refractivity contribution in [3.63, 3.8) is 0 Å². The Balaban J connectivity index is 1.62. The maximum atomic E-state index is 11.3. The summed E-state index contributed by atoms with van der Waals surface area (Å²) >= 11 is 1.57. The van der Waals surface area contributed by atoms with Crippen LogP contribution in [0.5, 0.6) is 5.75 Å². The summed E-state index contributed by atoms with van der Waals surface area (Å²) in [5, 5.41) is 1.97. The van der Waals surface area contributed by atoms with Crippen LogP contribution in [0.4, 0.5) is 0 Å². The van der Waals surface area contributed by atoms with Crippen LogP contribution in [0.1, 0.15) is 16.1 Å². The predicted molar refractivity (Wildman–Crippen MR) is 81.9 cm³/mol. The van der Waals surface area contributed by atoms with Gasteiger partial charge in [-0.2, -0.15) is 0 Å². The topological polar surface area (TPSA) is 61.6 Å². The molecule has 112 valence electrons. The molecule has 0 radical (unpaired) electrons. The van der Waals surface area contributed by atoms with Gasteiger partial charge in [-0.25, -0.2) is 9.78 Å². The highest BCUT2D eigenvalue weighted by Crippen LogP contribution is 2.24. The number of aromatic nitrogens is 1. The lowest BCUT2D eigenvalue weighted by molar-refractivity contribution is 0.0600. The number of nitrogens with zero attached hydrogens (tertiary/aromatic N) is 1. The number of esters is 1. The molecule has 0 aliphatic rings. The minimum atomic E-state index is -0.372. The molecule has 3 rings (SSSR count). The van der Waals surface area contributed by atoms with Crippen molar-refractivity contribution in [2.45, 2.75) is 6.61 Å². The van der Waals surface area contributed by atoms with Crippen molar-refractivity contribution in [1.29, 1.82) is 0 Å². The second-order valence-electron chi connectivity index (χ2n) is 4.43. The summed E-state index contributed by atoms with van der Waals surface area (Å²) in [6.45, 7) is 0.298. The van der Waals surface area contributed by atoms with Crippen LogP contribution in [0.25, 0.3) is 10.8 Å². The Morgan fingerprint density at radius 1 is 1.27 bits per heavy atom. The zero-order chi connectivity index (χ0) is 15.4. The molecule has 1 aromatic carbocycles. The summed E-state index contributed by atoms with van der Waals surface area (Å²) in [6.07, 6.45) is 1.58. The second kappa shape index (κ2) is 6.44. The quantitative estimate of drug-likeness (QED) is 0.671. The zero-order valence-electron chi connectivity index (χ0n) is 11.8. The van der Waals surface area contributed by atoms with Gasteiger partial charge < -0.3 is 13.9 Å². The molecule has 5 nitrogen and oxygen atoms in total. The number of oxazole rings is 1. The molecule has 6 heteroatoms. The Bertz CT molecular complexity index is 747. The van der Waals surface area contributed by atoms with Crippen molar-refractivity contribution in [1.82, 2.24) is 4.98 Å². The van der Waals surface area contributed by atoms with Crippen molar-refractivity contribution in [2.75, 3.05) is 7.11 Å². The van der Waals surface area contributed by atoms with E-state index in [1.807, 2.05) is 17.5 Å². The lowest BCUT2D eigenvalue weighted by Gasteiger charge is -2.04. The van der Waals surface area contributed by atoms with Gasteiger partial charge in [0.05, 0.1) is 17.6 Å². The molecule has 0 N–H and O–H groups in total. The number of carbonyl (C=O) groups is 1. The van der Waals surface area contributed by atoms with Gasteiger partial charge in [-0.3, -0.25) is 0 Å². The van der Waals surface area contributed by atoms with Gasteiger partial charge in [0.2, 0.25) is 5.89 Å². The van der Waals surface area contributed by atoms with Crippen LogP contribution in [-0.4, -0.2) is 18.1 Å². The van der Waals surface area contributed by atoms with Crippen LogP contribution in [0, 0.1) is 0 Å². The lowest BCUT2D eigenvalue weighted by atomic mass is 10.2. The van der Waals surface area contributed by atoms with Crippen LogP contribution in [0.3, 0.4) is 0 Å². The van der Waals surface area contributed by atoms with E-state index < -0.39 is 0 Å². The monoisotopic (exact) mass is 315 g/mol. The molecule has 0 aliphatic carbocycles. The van der Waals surface area contributed by atoms with Crippen molar-refractivity contribution >= 4 is 17.3 Å². The van der Waals surface area contributed by atoms with Crippen LogP contribution in [0.15, 0.2) is 52.5 Å². The Kier molecular flexibility index (Phi) is 4.20. The summed E-state index contributed by atoms with van der Waals surface area (Å²) in [6, 6.07) is 10.6. The molecule has 2 aromatic heterocycles. The van der Waals surface area contributed by atoms with Crippen molar-refractivity contribution in [3.05, 3.63) is 59.3 Å². The van der Waals surface area contributed by atoms with E-state index in [9.17, 15) is 4.79 Å². The molecule has 0 unspecified atom stereocenters. The van der Waals surface area contributed by atoms with Crippen molar-refractivity contribution in [3.8, 4) is 16.5 Å². The van der Waals surface area contributed by atoms with E-state index in [0.29, 0.717) is 29.5 Å². The average molecular weight is 315 g/mol. The first-order valence-corrected chi connectivity index (χ1v) is 7.43. The maximum absolute atomic E-state index is 11.3. The molecule has 22 heavy (non-hydrogen) atoms. The fourth-order valence-corrected chi connectivity index (χ4v) is 2.50. The van der Waals surface area contributed by atoms with Crippen molar-refractivity contribution in [2.24, 2.45) is 0 Å². The van der Waals surface area contributed by atoms with Gasteiger partial charge in [0.15, 0.2) is 0 Å². The highest BCUT2D eigenvalue weighted by atomic mass is 32.1. The normalized spacial score (nSPS) is 10.4. The fourth-order valence-electron chi connectivity index (χ4n) is 1.85. The van der Waals surface area contributed by atoms with Gasteiger partial charge in [0, 0.05) is 0 Å². The van der Waals surface area contributed by atoms with Crippen LogP contribution in [-0.2, 0) is 11.3 Å². The molecule has 0 fully saturated rings. The summed E-state index contributed by atoms with van der Waals surface area (Å²) in [4.78, 5) is 16.7. The number of rotatable bonds is 5. The molecule has 3 aromatic rings. The molecular formula is C16H13NO4S. The number of ether oxygens (including phenoxy) is 2. The third-order valence-corrected chi connectivity index (χ3v) is 3.80. The number of methoxy groups -OCH3 is 1. The van der Waals surface area contributed by atoms with Gasteiger partial charge in [0.25, 0.3) is 0 Å². The molecule has 0 amide bonds. The Labute approximate surface area is 131 Å². The summed E-state index contributed by atoms with van der Waals surface area (Å²) < 4.78 is 15.7. The molecular weight excluding hydrogens is 302 g/mol. The molecule has 0 atom stereocenters. The third kappa shape index (κ3) is 3.17. The number of thiophene rings is 1. The average Bonchev–Trinajstić information content (AvgIpc) is 3.23. The largest absolute Gasteiger partial charge is 0.487 e. The Morgan fingerprint density at radius 3 is 2.77 bits per heavy atom. The van der Waals surface area contributed by atoms with E-state index in [1.165, 1.54) is 7.11 Å². The van der Waals surface area contributed by atoms with Gasteiger partial charge in [-0.1, -0.05) is 6.07 Å². The molecule has 0 spiro atoms. The van der Waals surface area contributed by atoms with Gasteiger partial charge in [0.1, 0.15) is 24.3 Å². The Morgan fingerprint density at radius 2 is 2.09 bits per heavy atom. The number of benzene rings is 1. The summed E-state index contributed by atoms with van der Waals surface area (Å²) in [5.41, 5.74) is 1.19. The first-order chi connectivity index (χ1) is 10.8. The third-order valence-electron chi connectivity index (χ3n) is 2.95. The lowest BCUT2D eigenvalue weighted by Crippen LogP contribution is -2.01. The van der Waals surface area contributed by atoms with Crippen LogP contribution >= 0.6 is 11.3 Å². The van der Waals surface area contributed by atoms with Crippen LogP contribution < -0.4 is 4.74 Å². The van der Waals surface area contributed by atoms with Crippen LogP contribution in [0.2, 0.25) is 0 Å². The summed E-state index contributed by atoms with van der Waals surface area (Å²) in [5.74, 6) is 0.867. The smallest absolute Gasteiger partial charge is 0.337 e. The van der Waals surface area contributed by atoms with Gasteiger partial charge in [-0.15, -0.1) is 11.3 Å². The molecule has 2 heterocycles. The van der Waals surface area contributed by atoms with E-state index in [2.05, 4.69) is 9.72 Å². The van der Waals surface area contributed by atoms with Gasteiger partial charge >= 0.3 is 5.97 Å². The number of carbonyl (C=O) groups excluding carboxylic acids is 1. The SMILES string of the molecule is COC(=O)c1ccc(OCc2coc(-c3cccs3)n2)cc1. The van der Waals surface area contributed by atoms with E-state index in [4.69, 9.17) is 9.15 Å². The molecule has 0 saturated heterocycles.